The van der Waals surface area contributed by atoms with Gasteiger partial charge in [0.2, 0.25) is 5.95 Å². The first-order valence-electron chi connectivity index (χ1n) is 8.83. The van der Waals surface area contributed by atoms with Gasteiger partial charge in [-0.05, 0) is 38.7 Å². The lowest BCUT2D eigenvalue weighted by Crippen LogP contribution is -2.32. The molecule has 0 saturated carbocycles. The Labute approximate surface area is 153 Å². The summed E-state index contributed by atoms with van der Waals surface area (Å²) in [7, 11) is 3.82. The number of carbonyl (C=O) groups excluding carboxylic acids is 2. The van der Waals surface area contributed by atoms with Crippen LogP contribution in [0, 0.1) is 13.8 Å². The number of H-pyrrole nitrogens is 1. The van der Waals surface area contributed by atoms with E-state index in [0.717, 1.165) is 30.5 Å². The van der Waals surface area contributed by atoms with Crippen LogP contribution in [0.3, 0.4) is 0 Å². The van der Waals surface area contributed by atoms with E-state index in [4.69, 9.17) is 0 Å². The van der Waals surface area contributed by atoms with Crippen LogP contribution in [0.2, 0.25) is 0 Å². The molecular formula is C19H25N5O2. The Morgan fingerprint density at radius 1 is 1.31 bits per heavy atom. The van der Waals surface area contributed by atoms with E-state index in [0.29, 0.717) is 28.5 Å². The van der Waals surface area contributed by atoms with Crippen LogP contribution < -0.4 is 10.2 Å². The molecule has 0 saturated heterocycles. The summed E-state index contributed by atoms with van der Waals surface area (Å²) >= 11 is 0. The van der Waals surface area contributed by atoms with E-state index in [-0.39, 0.29) is 17.7 Å². The first-order chi connectivity index (χ1) is 12.3. The standard InChI is InChI=1S/C19H25N5O2/c1-10-16(11(2)21-17(10)12(3)25)18(26)22-14-7-6-8-15-13(14)9-20-19(23-15)24(4)5/h9,14,21H,6-8H2,1-5H3,(H,22,26). The minimum Gasteiger partial charge on any atom is -0.355 e. The van der Waals surface area contributed by atoms with E-state index in [2.05, 4.69) is 20.3 Å². The predicted octanol–water partition coefficient (Wildman–Crippen LogP) is 2.50. The zero-order valence-corrected chi connectivity index (χ0v) is 15.9. The third kappa shape index (κ3) is 3.21. The molecule has 2 heterocycles. The van der Waals surface area contributed by atoms with Crippen LogP contribution in [-0.4, -0.2) is 40.7 Å². The van der Waals surface area contributed by atoms with Crippen molar-refractivity contribution >= 4 is 17.6 Å². The van der Waals surface area contributed by atoms with Gasteiger partial charge in [-0.1, -0.05) is 0 Å². The summed E-state index contributed by atoms with van der Waals surface area (Å²) in [6.07, 6.45) is 4.53. The molecule has 2 aromatic rings. The summed E-state index contributed by atoms with van der Waals surface area (Å²) in [4.78, 5) is 38.5. The molecule has 1 amide bonds. The van der Waals surface area contributed by atoms with Crippen LogP contribution in [0.4, 0.5) is 5.95 Å². The van der Waals surface area contributed by atoms with Gasteiger partial charge in [-0.25, -0.2) is 9.97 Å². The molecule has 0 bridgehead atoms. The van der Waals surface area contributed by atoms with Crippen LogP contribution in [0.25, 0.3) is 0 Å². The average molecular weight is 355 g/mol. The molecule has 0 fully saturated rings. The maximum atomic E-state index is 12.9. The van der Waals surface area contributed by atoms with Gasteiger partial charge in [0.1, 0.15) is 0 Å². The van der Waals surface area contributed by atoms with Crippen LogP contribution in [0.15, 0.2) is 6.20 Å². The van der Waals surface area contributed by atoms with Gasteiger partial charge in [-0.3, -0.25) is 9.59 Å². The maximum Gasteiger partial charge on any atom is 0.253 e. The SMILES string of the molecule is CC(=O)c1[nH]c(C)c(C(=O)NC2CCCc3nc(N(C)C)ncc32)c1C. The lowest BCUT2D eigenvalue weighted by Gasteiger charge is -2.26. The molecule has 1 unspecified atom stereocenters. The van der Waals surface area contributed by atoms with E-state index in [1.54, 1.807) is 6.92 Å². The normalized spacial score (nSPS) is 16.1. The Hall–Kier alpha value is -2.70. The van der Waals surface area contributed by atoms with Gasteiger partial charge in [0.15, 0.2) is 5.78 Å². The van der Waals surface area contributed by atoms with Crippen molar-refractivity contribution in [3.05, 3.63) is 40.0 Å². The van der Waals surface area contributed by atoms with Crippen molar-refractivity contribution in [2.75, 3.05) is 19.0 Å². The predicted molar refractivity (Wildman–Crippen MR) is 99.8 cm³/mol. The van der Waals surface area contributed by atoms with E-state index in [1.165, 1.54) is 6.92 Å². The van der Waals surface area contributed by atoms with Gasteiger partial charge in [0.05, 0.1) is 23.0 Å². The summed E-state index contributed by atoms with van der Waals surface area (Å²) in [5.74, 6) is 0.440. The molecular weight excluding hydrogens is 330 g/mol. The zero-order valence-electron chi connectivity index (χ0n) is 15.9. The Bertz CT molecular complexity index is 869. The number of aryl methyl sites for hydroxylation is 2. The Kier molecular flexibility index (Phi) is 4.80. The molecule has 1 aliphatic rings. The van der Waals surface area contributed by atoms with Crippen LogP contribution in [0.1, 0.15) is 69.2 Å². The average Bonchev–Trinajstić information content (AvgIpc) is 2.89. The second-order valence-electron chi connectivity index (χ2n) is 7.07. The van der Waals surface area contributed by atoms with Crippen molar-refractivity contribution in [2.24, 2.45) is 0 Å². The largest absolute Gasteiger partial charge is 0.355 e. The third-order valence-electron chi connectivity index (χ3n) is 4.89. The maximum absolute atomic E-state index is 12.9. The number of aromatic amines is 1. The fraction of sp³-hybridized carbons (Fsp3) is 0.474. The first-order valence-corrected chi connectivity index (χ1v) is 8.83. The minimum absolute atomic E-state index is 0.0720. The van der Waals surface area contributed by atoms with Crippen LogP contribution in [0.5, 0.6) is 0 Å². The van der Waals surface area contributed by atoms with E-state index in [1.807, 2.05) is 32.1 Å². The second-order valence-corrected chi connectivity index (χ2v) is 7.07. The molecule has 26 heavy (non-hydrogen) atoms. The molecule has 3 rings (SSSR count). The number of aromatic nitrogens is 3. The number of rotatable bonds is 4. The molecule has 0 aromatic carbocycles. The number of ketones is 1. The summed E-state index contributed by atoms with van der Waals surface area (Å²) in [5.41, 5.74) is 4.42. The molecule has 0 radical (unpaired) electrons. The van der Waals surface area contributed by atoms with Crippen molar-refractivity contribution in [2.45, 2.75) is 46.1 Å². The monoisotopic (exact) mass is 355 g/mol. The Morgan fingerprint density at radius 3 is 2.65 bits per heavy atom. The second kappa shape index (κ2) is 6.90. The molecule has 2 N–H and O–H groups in total. The number of hydrogen-bond donors (Lipinski definition) is 2. The smallest absolute Gasteiger partial charge is 0.253 e. The van der Waals surface area contributed by atoms with E-state index >= 15 is 0 Å². The lowest BCUT2D eigenvalue weighted by atomic mass is 9.92. The highest BCUT2D eigenvalue weighted by Crippen LogP contribution is 2.30. The van der Waals surface area contributed by atoms with Crippen LogP contribution >= 0.6 is 0 Å². The number of carbonyl (C=O) groups is 2. The summed E-state index contributed by atoms with van der Waals surface area (Å²) < 4.78 is 0. The molecule has 7 nitrogen and oxygen atoms in total. The number of nitrogens with zero attached hydrogens (tertiary/aromatic N) is 3. The third-order valence-corrected chi connectivity index (χ3v) is 4.89. The Balaban J connectivity index is 1.87. The number of nitrogens with one attached hydrogen (secondary N) is 2. The molecule has 138 valence electrons. The molecule has 7 heteroatoms. The highest BCUT2D eigenvalue weighted by atomic mass is 16.2. The first kappa shape index (κ1) is 18.1. The highest BCUT2D eigenvalue weighted by Gasteiger charge is 2.27. The van der Waals surface area contributed by atoms with Gasteiger partial charge < -0.3 is 15.2 Å². The van der Waals surface area contributed by atoms with Crippen molar-refractivity contribution in [3.8, 4) is 0 Å². The molecule has 0 spiro atoms. The zero-order chi connectivity index (χ0) is 19.0. The number of hydrogen-bond acceptors (Lipinski definition) is 5. The number of fused-ring (bicyclic) bond motifs is 1. The molecule has 0 aliphatic heterocycles. The van der Waals surface area contributed by atoms with Gasteiger partial charge in [0, 0.05) is 38.5 Å². The topological polar surface area (TPSA) is 91.0 Å². The quantitative estimate of drug-likeness (QED) is 0.822. The van der Waals surface area contributed by atoms with Crippen molar-refractivity contribution in [1.29, 1.82) is 0 Å². The summed E-state index contributed by atoms with van der Waals surface area (Å²) in [6.45, 7) is 5.11. The van der Waals surface area contributed by atoms with Gasteiger partial charge >= 0.3 is 0 Å². The van der Waals surface area contributed by atoms with Crippen molar-refractivity contribution < 1.29 is 9.59 Å². The van der Waals surface area contributed by atoms with E-state index < -0.39 is 0 Å². The van der Waals surface area contributed by atoms with Gasteiger partial charge in [0.25, 0.3) is 5.91 Å². The minimum atomic E-state index is -0.168. The van der Waals surface area contributed by atoms with Gasteiger partial charge in [-0.2, -0.15) is 0 Å². The highest BCUT2D eigenvalue weighted by molar-refractivity contribution is 6.02. The fourth-order valence-electron chi connectivity index (χ4n) is 3.57. The molecule has 1 aliphatic carbocycles. The molecule has 1 atom stereocenters. The summed E-state index contributed by atoms with van der Waals surface area (Å²) in [5, 5.41) is 3.11. The van der Waals surface area contributed by atoms with Crippen molar-refractivity contribution in [1.82, 2.24) is 20.3 Å². The van der Waals surface area contributed by atoms with Crippen molar-refractivity contribution in [3.63, 3.8) is 0 Å². The van der Waals surface area contributed by atoms with E-state index in [9.17, 15) is 9.59 Å². The fourth-order valence-corrected chi connectivity index (χ4v) is 3.57. The summed E-state index contributed by atoms with van der Waals surface area (Å²) in [6, 6.07) is -0.114. The Morgan fingerprint density at radius 2 is 2.04 bits per heavy atom. The number of amides is 1. The lowest BCUT2D eigenvalue weighted by molar-refractivity contribution is 0.0931. The number of Topliss-reactive ketones (excluding diaryl/α,β-unsaturated/α-hetero) is 1. The van der Waals surface area contributed by atoms with Gasteiger partial charge in [-0.15, -0.1) is 0 Å². The molecule has 2 aromatic heterocycles. The number of anilines is 1. The van der Waals surface area contributed by atoms with Crippen LogP contribution in [-0.2, 0) is 6.42 Å².